The van der Waals surface area contributed by atoms with Crippen molar-refractivity contribution >= 4 is 16.9 Å². The van der Waals surface area contributed by atoms with Crippen LogP contribution in [0.4, 0.5) is 5.82 Å². The molecular weight excluding hydrogens is 276 g/mol. The average molecular weight is 290 g/mol. The predicted molar refractivity (Wildman–Crippen MR) is 85.9 cm³/mol. The monoisotopic (exact) mass is 290 g/mol. The number of aromatic amines is 1. The molecule has 0 saturated heterocycles. The fourth-order valence-electron chi connectivity index (χ4n) is 2.64. The molecule has 1 aromatic carbocycles. The Hall–Kier alpha value is -3.15. The standard InChI is InChI=1S/C16H14N6/c1-22-9-20-13(10-5-3-2-4-6-10)15(22)12-7-11-14(21-12)16(17)19-8-18-11/h2-9,21H,1H3,(H2,17,18,19). The number of anilines is 1. The normalized spacial score (nSPS) is 11.1. The summed E-state index contributed by atoms with van der Waals surface area (Å²) in [6.07, 6.45) is 3.27. The molecule has 0 fully saturated rings. The van der Waals surface area contributed by atoms with Crippen LogP contribution in [-0.2, 0) is 7.05 Å². The van der Waals surface area contributed by atoms with E-state index in [1.165, 1.54) is 6.33 Å². The van der Waals surface area contributed by atoms with Gasteiger partial charge >= 0.3 is 0 Å². The lowest BCUT2D eigenvalue weighted by molar-refractivity contribution is 0.918. The third kappa shape index (κ3) is 1.85. The van der Waals surface area contributed by atoms with Crippen LogP contribution in [0.2, 0.25) is 0 Å². The Labute approximate surface area is 126 Å². The molecule has 0 unspecified atom stereocenters. The highest BCUT2D eigenvalue weighted by Gasteiger charge is 2.16. The van der Waals surface area contributed by atoms with E-state index in [1.54, 1.807) is 6.33 Å². The van der Waals surface area contributed by atoms with Crippen LogP contribution in [0, 0.1) is 0 Å². The van der Waals surface area contributed by atoms with Gasteiger partial charge in [-0.3, -0.25) is 0 Å². The molecular formula is C16H14N6. The summed E-state index contributed by atoms with van der Waals surface area (Å²) in [5, 5.41) is 0. The van der Waals surface area contributed by atoms with Gasteiger partial charge in [-0.15, -0.1) is 0 Å². The smallest absolute Gasteiger partial charge is 0.151 e. The van der Waals surface area contributed by atoms with Crippen LogP contribution in [0.15, 0.2) is 49.1 Å². The van der Waals surface area contributed by atoms with E-state index < -0.39 is 0 Å². The second-order valence-corrected chi connectivity index (χ2v) is 5.12. The van der Waals surface area contributed by atoms with Crippen LogP contribution in [-0.4, -0.2) is 24.5 Å². The zero-order chi connectivity index (χ0) is 15.1. The molecule has 108 valence electrons. The molecule has 4 aromatic rings. The molecule has 0 atom stereocenters. The summed E-state index contributed by atoms with van der Waals surface area (Å²) in [6.45, 7) is 0. The highest BCUT2D eigenvalue weighted by Crippen LogP contribution is 2.32. The van der Waals surface area contributed by atoms with E-state index >= 15 is 0 Å². The number of nitrogens with zero attached hydrogens (tertiary/aromatic N) is 4. The number of nitrogens with two attached hydrogens (primary N) is 1. The van der Waals surface area contributed by atoms with E-state index in [9.17, 15) is 0 Å². The number of aromatic nitrogens is 5. The predicted octanol–water partition coefficient (Wildman–Crippen LogP) is 2.61. The molecule has 0 aliphatic carbocycles. The molecule has 6 nitrogen and oxygen atoms in total. The summed E-state index contributed by atoms with van der Waals surface area (Å²) < 4.78 is 1.98. The van der Waals surface area contributed by atoms with Gasteiger partial charge in [0.15, 0.2) is 5.82 Å². The minimum Gasteiger partial charge on any atom is -0.382 e. The number of benzene rings is 1. The molecule has 0 spiro atoms. The first-order chi connectivity index (χ1) is 10.7. The van der Waals surface area contributed by atoms with Crippen LogP contribution < -0.4 is 5.73 Å². The van der Waals surface area contributed by atoms with Gasteiger partial charge in [0.1, 0.15) is 11.8 Å². The van der Waals surface area contributed by atoms with E-state index in [2.05, 4.69) is 19.9 Å². The van der Waals surface area contributed by atoms with Crippen molar-refractivity contribution < 1.29 is 0 Å². The van der Waals surface area contributed by atoms with Gasteiger partial charge in [-0.1, -0.05) is 30.3 Å². The number of nitrogens with one attached hydrogen (secondary N) is 1. The Bertz CT molecular complexity index is 951. The highest BCUT2D eigenvalue weighted by molar-refractivity contribution is 5.91. The summed E-state index contributed by atoms with van der Waals surface area (Å²) in [7, 11) is 1.97. The highest BCUT2D eigenvalue weighted by atomic mass is 15.1. The molecule has 3 aromatic heterocycles. The number of aryl methyl sites for hydroxylation is 1. The van der Waals surface area contributed by atoms with E-state index in [1.807, 2.05) is 48.0 Å². The Kier molecular flexibility index (Phi) is 2.69. The lowest BCUT2D eigenvalue weighted by Gasteiger charge is -2.04. The zero-order valence-electron chi connectivity index (χ0n) is 12.0. The number of nitrogen functional groups attached to an aromatic ring is 1. The number of hydrogen-bond donors (Lipinski definition) is 2. The van der Waals surface area contributed by atoms with E-state index in [0.29, 0.717) is 5.82 Å². The van der Waals surface area contributed by atoms with Crippen LogP contribution in [0.1, 0.15) is 0 Å². The second-order valence-electron chi connectivity index (χ2n) is 5.12. The Morgan fingerprint density at radius 2 is 1.91 bits per heavy atom. The molecule has 3 N–H and O–H groups in total. The molecule has 0 bridgehead atoms. The lowest BCUT2D eigenvalue weighted by Crippen LogP contribution is -1.93. The van der Waals surface area contributed by atoms with Crippen molar-refractivity contribution in [3.05, 3.63) is 49.1 Å². The number of hydrogen-bond acceptors (Lipinski definition) is 4. The van der Waals surface area contributed by atoms with E-state index in [0.717, 1.165) is 33.7 Å². The molecule has 6 heteroatoms. The maximum atomic E-state index is 5.91. The molecule has 0 saturated carbocycles. The van der Waals surface area contributed by atoms with Gasteiger partial charge in [0.2, 0.25) is 0 Å². The molecule has 3 heterocycles. The SMILES string of the molecule is Cn1cnc(-c2ccccc2)c1-c1cc2ncnc(N)c2[nH]1. The second kappa shape index (κ2) is 4.70. The van der Waals surface area contributed by atoms with Crippen molar-refractivity contribution in [3.63, 3.8) is 0 Å². The van der Waals surface area contributed by atoms with Gasteiger partial charge in [0.05, 0.1) is 28.9 Å². The third-order valence-corrected chi connectivity index (χ3v) is 3.69. The van der Waals surface area contributed by atoms with Crippen LogP contribution in [0.3, 0.4) is 0 Å². The van der Waals surface area contributed by atoms with Gasteiger partial charge in [-0.25, -0.2) is 15.0 Å². The van der Waals surface area contributed by atoms with Gasteiger partial charge in [0.25, 0.3) is 0 Å². The summed E-state index contributed by atoms with van der Waals surface area (Å²) in [5.41, 5.74) is 11.3. The first-order valence-electron chi connectivity index (χ1n) is 6.90. The van der Waals surface area contributed by atoms with Crippen molar-refractivity contribution in [1.82, 2.24) is 24.5 Å². The van der Waals surface area contributed by atoms with Crippen LogP contribution >= 0.6 is 0 Å². The number of imidazole rings is 1. The minimum atomic E-state index is 0.444. The summed E-state index contributed by atoms with van der Waals surface area (Å²) in [4.78, 5) is 16.1. The summed E-state index contributed by atoms with van der Waals surface area (Å²) >= 11 is 0. The van der Waals surface area contributed by atoms with Crippen molar-refractivity contribution in [1.29, 1.82) is 0 Å². The maximum Gasteiger partial charge on any atom is 0.151 e. The Morgan fingerprint density at radius 3 is 2.68 bits per heavy atom. The average Bonchev–Trinajstić information content (AvgIpc) is 3.12. The third-order valence-electron chi connectivity index (χ3n) is 3.69. The topological polar surface area (TPSA) is 85.4 Å². The zero-order valence-corrected chi connectivity index (χ0v) is 12.0. The Balaban J connectivity index is 1.95. The number of fused-ring (bicyclic) bond motifs is 1. The molecule has 4 rings (SSSR count). The van der Waals surface area contributed by atoms with Crippen molar-refractivity contribution in [2.24, 2.45) is 7.05 Å². The van der Waals surface area contributed by atoms with Gasteiger partial charge < -0.3 is 15.3 Å². The lowest BCUT2D eigenvalue weighted by atomic mass is 10.1. The van der Waals surface area contributed by atoms with Gasteiger partial charge in [0, 0.05) is 12.6 Å². The molecule has 0 aliphatic heterocycles. The Morgan fingerprint density at radius 1 is 1.09 bits per heavy atom. The van der Waals surface area contributed by atoms with Crippen molar-refractivity contribution in [2.45, 2.75) is 0 Å². The molecule has 0 aliphatic rings. The van der Waals surface area contributed by atoms with Gasteiger partial charge in [-0.05, 0) is 6.07 Å². The van der Waals surface area contributed by atoms with Crippen molar-refractivity contribution in [2.75, 3.05) is 5.73 Å². The number of H-pyrrole nitrogens is 1. The molecule has 0 amide bonds. The summed E-state index contributed by atoms with van der Waals surface area (Å²) in [6, 6.07) is 12.1. The summed E-state index contributed by atoms with van der Waals surface area (Å²) in [5.74, 6) is 0.444. The van der Waals surface area contributed by atoms with Crippen LogP contribution in [0.5, 0.6) is 0 Å². The number of rotatable bonds is 2. The van der Waals surface area contributed by atoms with E-state index in [4.69, 9.17) is 5.73 Å². The maximum absolute atomic E-state index is 5.91. The molecule has 22 heavy (non-hydrogen) atoms. The minimum absolute atomic E-state index is 0.444. The quantitative estimate of drug-likeness (QED) is 0.594. The fourth-order valence-corrected chi connectivity index (χ4v) is 2.64. The molecule has 0 radical (unpaired) electrons. The largest absolute Gasteiger partial charge is 0.382 e. The van der Waals surface area contributed by atoms with Crippen molar-refractivity contribution in [3.8, 4) is 22.6 Å². The first-order valence-corrected chi connectivity index (χ1v) is 6.90. The fraction of sp³-hybridized carbons (Fsp3) is 0.0625. The first kappa shape index (κ1) is 12.6. The van der Waals surface area contributed by atoms with Crippen LogP contribution in [0.25, 0.3) is 33.7 Å². The van der Waals surface area contributed by atoms with Gasteiger partial charge in [-0.2, -0.15) is 0 Å². The van der Waals surface area contributed by atoms with E-state index in [-0.39, 0.29) is 0 Å².